The van der Waals surface area contributed by atoms with Gasteiger partial charge in [-0.3, -0.25) is 4.79 Å². The molecule has 1 aromatic carbocycles. The van der Waals surface area contributed by atoms with Crippen molar-refractivity contribution in [2.75, 3.05) is 0 Å². The SMILES string of the molecule is Cc1cc(C(=O)NC(C)C)ccc1N=[N+]=[N-]. The molecule has 0 saturated heterocycles. The highest BCUT2D eigenvalue weighted by Crippen LogP contribution is 2.19. The third-order valence-corrected chi connectivity index (χ3v) is 2.03. The van der Waals surface area contributed by atoms with Crippen LogP contribution in [0.1, 0.15) is 29.8 Å². The van der Waals surface area contributed by atoms with Crippen LogP contribution in [0.2, 0.25) is 0 Å². The molecule has 84 valence electrons. The molecule has 0 spiro atoms. The number of hydrogen-bond donors (Lipinski definition) is 1. The molecule has 0 aliphatic rings. The summed E-state index contributed by atoms with van der Waals surface area (Å²) >= 11 is 0. The van der Waals surface area contributed by atoms with Gasteiger partial charge < -0.3 is 5.32 Å². The second-order valence-corrected chi connectivity index (χ2v) is 3.82. The van der Waals surface area contributed by atoms with Crippen molar-refractivity contribution in [3.8, 4) is 0 Å². The fourth-order valence-corrected chi connectivity index (χ4v) is 1.30. The third-order valence-electron chi connectivity index (χ3n) is 2.03. The van der Waals surface area contributed by atoms with E-state index in [0.29, 0.717) is 11.3 Å². The van der Waals surface area contributed by atoms with Crippen LogP contribution in [0.25, 0.3) is 10.4 Å². The van der Waals surface area contributed by atoms with Gasteiger partial charge in [-0.15, -0.1) is 0 Å². The summed E-state index contributed by atoms with van der Waals surface area (Å²) in [4.78, 5) is 14.4. The third kappa shape index (κ3) is 3.00. The van der Waals surface area contributed by atoms with Gasteiger partial charge in [0.15, 0.2) is 0 Å². The van der Waals surface area contributed by atoms with Crippen LogP contribution in [0, 0.1) is 6.92 Å². The molecule has 0 saturated carbocycles. The molecule has 5 heteroatoms. The van der Waals surface area contributed by atoms with Crippen LogP contribution >= 0.6 is 0 Å². The summed E-state index contributed by atoms with van der Waals surface area (Å²) in [6, 6.07) is 5.10. The molecule has 0 heterocycles. The highest BCUT2D eigenvalue weighted by atomic mass is 16.1. The average molecular weight is 218 g/mol. The normalized spacial score (nSPS) is 9.75. The Morgan fingerprint density at radius 2 is 2.19 bits per heavy atom. The number of amides is 1. The van der Waals surface area contributed by atoms with Gasteiger partial charge in [0, 0.05) is 22.2 Å². The zero-order chi connectivity index (χ0) is 12.1. The van der Waals surface area contributed by atoms with Gasteiger partial charge in [0.1, 0.15) is 0 Å². The monoisotopic (exact) mass is 218 g/mol. The largest absolute Gasteiger partial charge is 0.350 e. The van der Waals surface area contributed by atoms with Crippen LogP contribution in [-0.2, 0) is 0 Å². The summed E-state index contributed by atoms with van der Waals surface area (Å²) in [5.74, 6) is -0.120. The zero-order valence-electron chi connectivity index (χ0n) is 9.56. The minimum atomic E-state index is -0.120. The fraction of sp³-hybridized carbons (Fsp3) is 0.364. The molecule has 0 aliphatic carbocycles. The topological polar surface area (TPSA) is 77.9 Å². The van der Waals surface area contributed by atoms with Gasteiger partial charge in [-0.1, -0.05) is 11.2 Å². The molecule has 16 heavy (non-hydrogen) atoms. The number of rotatable bonds is 3. The summed E-state index contributed by atoms with van der Waals surface area (Å²) in [6.07, 6.45) is 0. The molecular weight excluding hydrogens is 204 g/mol. The Kier molecular flexibility index (Phi) is 3.91. The van der Waals surface area contributed by atoms with Gasteiger partial charge in [0.25, 0.3) is 5.91 Å². The molecule has 0 unspecified atom stereocenters. The summed E-state index contributed by atoms with van der Waals surface area (Å²) in [6.45, 7) is 5.61. The Morgan fingerprint density at radius 3 is 2.69 bits per heavy atom. The number of hydrogen-bond acceptors (Lipinski definition) is 2. The van der Waals surface area contributed by atoms with E-state index in [2.05, 4.69) is 15.3 Å². The lowest BCUT2D eigenvalue weighted by Crippen LogP contribution is -2.30. The van der Waals surface area contributed by atoms with Gasteiger partial charge in [-0.2, -0.15) is 0 Å². The predicted octanol–water partition coefficient (Wildman–Crippen LogP) is 3.08. The second kappa shape index (κ2) is 5.19. The first kappa shape index (κ1) is 12.1. The molecule has 1 aromatic rings. The van der Waals surface area contributed by atoms with Gasteiger partial charge in [0.05, 0.1) is 0 Å². The first-order valence-electron chi connectivity index (χ1n) is 5.01. The maximum atomic E-state index is 11.7. The molecule has 1 N–H and O–H groups in total. The molecule has 0 aliphatic heterocycles. The molecule has 0 fully saturated rings. The maximum Gasteiger partial charge on any atom is 0.251 e. The first-order chi connectivity index (χ1) is 7.54. The number of aryl methyl sites for hydroxylation is 1. The molecular formula is C11H14N4O. The zero-order valence-corrected chi connectivity index (χ0v) is 9.56. The fourth-order valence-electron chi connectivity index (χ4n) is 1.30. The van der Waals surface area contributed by atoms with E-state index < -0.39 is 0 Å². The van der Waals surface area contributed by atoms with E-state index in [4.69, 9.17) is 5.53 Å². The minimum absolute atomic E-state index is 0.101. The van der Waals surface area contributed by atoms with Crippen molar-refractivity contribution in [1.82, 2.24) is 5.32 Å². The van der Waals surface area contributed by atoms with Gasteiger partial charge in [-0.05, 0) is 44.0 Å². The van der Waals surface area contributed by atoms with Crippen LogP contribution in [0.15, 0.2) is 23.3 Å². The van der Waals surface area contributed by atoms with Crippen molar-refractivity contribution in [2.45, 2.75) is 26.8 Å². The van der Waals surface area contributed by atoms with Crippen molar-refractivity contribution in [3.05, 3.63) is 39.8 Å². The Bertz CT molecular complexity index is 447. The highest BCUT2D eigenvalue weighted by molar-refractivity contribution is 5.94. The number of carbonyl (C=O) groups is 1. The average Bonchev–Trinajstić information content (AvgIpc) is 2.20. The lowest BCUT2D eigenvalue weighted by Gasteiger charge is -2.09. The maximum absolute atomic E-state index is 11.7. The number of benzene rings is 1. The molecule has 5 nitrogen and oxygen atoms in total. The van der Waals surface area contributed by atoms with Crippen molar-refractivity contribution in [1.29, 1.82) is 0 Å². The van der Waals surface area contributed by atoms with Crippen molar-refractivity contribution < 1.29 is 4.79 Å². The van der Waals surface area contributed by atoms with E-state index in [9.17, 15) is 4.79 Å². The lowest BCUT2D eigenvalue weighted by atomic mass is 10.1. The standard InChI is InChI=1S/C11H14N4O/c1-7(2)13-11(16)9-4-5-10(14-15-12)8(3)6-9/h4-7H,1-3H3,(H,13,16). The summed E-state index contributed by atoms with van der Waals surface area (Å²) in [5.41, 5.74) is 10.2. The number of carbonyl (C=O) groups excluding carboxylic acids is 1. The van der Waals surface area contributed by atoms with Gasteiger partial charge in [0.2, 0.25) is 0 Å². The summed E-state index contributed by atoms with van der Waals surface area (Å²) < 4.78 is 0. The van der Waals surface area contributed by atoms with Crippen molar-refractivity contribution >= 4 is 11.6 Å². The Hall–Kier alpha value is -2.00. The van der Waals surface area contributed by atoms with E-state index in [-0.39, 0.29) is 11.9 Å². The van der Waals surface area contributed by atoms with E-state index >= 15 is 0 Å². The van der Waals surface area contributed by atoms with Crippen LogP contribution < -0.4 is 5.32 Å². The van der Waals surface area contributed by atoms with E-state index in [0.717, 1.165) is 5.56 Å². The van der Waals surface area contributed by atoms with Crippen LogP contribution in [0.5, 0.6) is 0 Å². The highest BCUT2D eigenvalue weighted by Gasteiger charge is 2.07. The van der Waals surface area contributed by atoms with Gasteiger partial charge >= 0.3 is 0 Å². The molecule has 0 atom stereocenters. The number of nitrogens with zero attached hydrogens (tertiary/aromatic N) is 3. The second-order valence-electron chi connectivity index (χ2n) is 3.82. The summed E-state index contributed by atoms with van der Waals surface area (Å²) in [5, 5.41) is 6.31. The first-order valence-corrected chi connectivity index (χ1v) is 5.01. The molecule has 0 aromatic heterocycles. The molecule has 0 bridgehead atoms. The molecule has 1 rings (SSSR count). The smallest absolute Gasteiger partial charge is 0.251 e. The van der Waals surface area contributed by atoms with Crippen LogP contribution in [0.3, 0.4) is 0 Å². The Labute approximate surface area is 94.1 Å². The Morgan fingerprint density at radius 1 is 1.50 bits per heavy atom. The van der Waals surface area contributed by atoms with E-state index in [1.54, 1.807) is 25.1 Å². The van der Waals surface area contributed by atoms with E-state index in [1.165, 1.54) is 0 Å². The summed E-state index contributed by atoms with van der Waals surface area (Å²) in [7, 11) is 0. The van der Waals surface area contributed by atoms with Crippen molar-refractivity contribution in [3.63, 3.8) is 0 Å². The predicted molar refractivity (Wildman–Crippen MR) is 62.6 cm³/mol. The van der Waals surface area contributed by atoms with Crippen molar-refractivity contribution in [2.24, 2.45) is 5.11 Å². The minimum Gasteiger partial charge on any atom is -0.350 e. The molecule has 1 amide bonds. The van der Waals surface area contributed by atoms with Crippen LogP contribution in [0.4, 0.5) is 5.69 Å². The number of nitrogens with one attached hydrogen (secondary N) is 1. The van der Waals surface area contributed by atoms with Gasteiger partial charge in [-0.25, -0.2) is 0 Å². The van der Waals surface area contributed by atoms with E-state index in [1.807, 2.05) is 13.8 Å². The quantitative estimate of drug-likeness (QED) is 0.472. The van der Waals surface area contributed by atoms with Crippen LogP contribution in [-0.4, -0.2) is 11.9 Å². The lowest BCUT2D eigenvalue weighted by molar-refractivity contribution is 0.0943. The number of azide groups is 1. The molecule has 0 radical (unpaired) electrons. The Balaban J connectivity index is 2.96.